The summed E-state index contributed by atoms with van der Waals surface area (Å²) in [4.78, 5) is 0. The molecule has 0 aromatic carbocycles. The number of unbranched alkanes of at least 4 members (excludes halogenated alkanes) is 8. The SMILES string of the molecule is C.C.C.C.C.C.C.C.CC(C)(C)CCCCCCCCCCCC(C)(C)C. The van der Waals surface area contributed by atoms with Crippen molar-refractivity contribution in [1.29, 1.82) is 0 Å². The van der Waals surface area contributed by atoms with Crippen LogP contribution < -0.4 is 0 Å². The largest absolute Gasteiger partial charge is 0.0776 e. The van der Waals surface area contributed by atoms with E-state index in [1.54, 1.807) is 0 Å². The first kappa shape index (κ1) is 56.3. The molecule has 0 aliphatic rings. The molecule has 0 aliphatic carbocycles. The Morgan fingerprint density at radius 3 is 0.593 bits per heavy atom. The lowest BCUT2D eigenvalue weighted by atomic mass is 9.89. The molecule has 0 unspecified atom stereocenters. The van der Waals surface area contributed by atoms with Gasteiger partial charge in [0.1, 0.15) is 0 Å². The van der Waals surface area contributed by atoms with Crippen molar-refractivity contribution < 1.29 is 0 Å². The van der Waals surface area contributed by atoms with Crippen molar-refractivity contribution in [3.8, 4) is 0 Å². The molecule has 0 atom stereocenters. The van der Waals surface area contributed by atoms with E-state index in [2.05, 4.69) is 41.5 Å². The van der Waals surface area contributed by atoms with Gasteiger partial charge < -0.3 is 0 Å². The van der Waals surface area contributed by atoms with Crippen LogP contribution in [0.1, 0.15) is 172 Å². The Morgan fingerprint density at radius 1 is 0.296 bits per heavy atom. The van der Waals surface area contributed by atoms with Crippen LogP contribution in [-0.2, 0) is 0 Å². The highest BCUT2D eigenvalue weighted by Gasteiger charge is 2.09. The molecule has 0 amide bonds. The zero-order valence-electron chi connectivity index (χ0n) is 14.8. The van der Waals surface area contributed by atoms with Gasteiger partial charge in [-0.15, -0.1) is 0 Å². The van der Waals surface area contributed by atoms with Crippen LogP contribution in [0, 0.1) is 10.8 Å². The van der Waals surface area contributed by atoms with Gasteiger partial charge in [-0.25, -0.2) is 0 Å². The van der Waals surface area contributed by atoms with Crippen molar-refractivity contribution in [3.05, 3.63) is 0 Å². The summed E-state index contributed by atoms with van der Waals surface area (Å²) in [5.74, 6) is 0. The van der Waals surface area contributed by atoms with Crippen molar-refractivity contribution in [2.75, 3.05) is 0 Å². The van der Waals surface area contributed by atoms with Crippen molar-refractivity contribution in [3.63, 3.8) is 0 Å². The van der Waals surface area contributed by atoms with Crippen LogP contribution in [0.2, 0.25) is 0 Å². The average molecular weight is 397 g/mol. The van der Waals surface area contributed by atoms with Gasteiger partial charge in [0, 0.05) is 0 Å². The molecule has 0 fully saturated rings. The molecule has 0 aromatic rings. The van der Waals surface area contributed by atoms with E-state index in [1.165, 1.54) is 70.6 Å². The lowest BCUT2D eigenvalue weighted by Gasteiger charge is -2.17. The Labute approximate surface area is 182 Å². The molecular weight excluding hydrogens is 324 g/mol. The monoisotopic (exact) mass is 397 g/mol. The maximum atomic E-state index is 2.35. The number of rotatable bonds is 10. The summed E-state index contributed by atoms with van der Waals surface area (Å²) in [6, 6.07) is 0. The van der Waals surface area contributed by atoms with Crippen LogP contribution >= 0.6 is 0 Å². The first-order valence-electron chi connectivity index (χ1n) is 8.71. The summed E-state index contributed by atoms with van der Waals surface area (Å²) in [6.45, 7) is 14.1. The lowest BCUT2D eigenvalue weighted by molar-refractivity contribution is 0.353. The quantitative estimate of drug-likeness (QED) is 0.322. The van der Waals surface area contributed by atoms with Crippen molar-refractivity contribution in [1.82, 2.24) is 0 Å². The molecule has 180 valence electrons. The van der Waals surface area contributed by atoms with Crippen LogP contribution in [0.25, 0.3) is 0 Å². The van der Waals surface area contributed by atoms with Gasteiger partial charge in [0.25, 0.3) is 0 Å². The van der Waals surface area contributed by atoms with Gasteiger partial charge >= 0.3 is 0 Å². The maximum Gasteiger partial charge on any atom is -0.0383 e. The highest BCUT2D eigenvalue weighted by atomic mass is 14.1. The van der Waals surface area contributed by atoms with Gasteiger partial charge in [-0.1, -0.05) is 159 Å². The van der Waals surface area contributed by atoms with E-state index in [1.807, 2.05) is 0 Å². The third-order valence-corrected chi connectivity index (χ3v) is 3.85. The molecular formula is C27H72. The molecule has 0 bridgehead atoms. The van der Waals surface area contributed by atoms with Crippen molar-refractivity contribution in [2.45, 2.75) is 172 Å². The van der Waals surface area contributed by atoms with E-state index in [4.69, 9.17) is 0 Å². The van der Waals surface area contributed by atoms with Crippen molar-refractivity contribution in [2.24, 2.45) is 10.8 Å². The van der Waals surface area contributed by atoms with Gasteiger partial charge in [-0.05, 0) is 23.7 Å². The normalized spacial score (nSPS) is 9.11. The lowest BCUT2D eigenvalue weighted by Crippen LogP contribution is -2.04. The number of hydrogen-bond donors (Lipinski definition) is 0. The van der Waals surface area contributed by atoms with Crippen LogP contribution in [0.3, 0.4) is 0 Å². The fourth-order valence-electron chi connectivity index (χ4n) is 2.55. The van der Waals surface area contributed by atoms with Gasteiger partial charge in [0.2, 0.25) is 0 Å². The fourth-order valence-corrected chi connectivity index (χ4v) is 2.55. The van der Waals surface area contributed by atoms with E-state index in [0.717, 1.165) is 0 Å². The molecule has 27 heavy (non-hydrogen) atoms. The van der Waals surface area contributed by atoms with E-state index in [-0.39, 0.29) is 59.4 Å². The standard InChI is InChI=1S/C19H40.8CH4/c1-18(2,3)16-14-12-10-8-7-9-11-13-15-17-19(4,5)6;;;;;;;;/h7-17H2,1-6H3;8*1H4. The molecule has 0 aromatic heterocycles. The second-order valence-electron chi connectivity index (χ2n) is 8.80. The van der Waals surface area contributed by atoms with Crippen LogP contribution in [0.4, 0.5) is 0 Å². The predicted molar refractivity (Wildman–Crippen MR) is 144 cm³/mol. The Hall–Kier alpha value is 0. The summed E-state index contributed by atoms with van der Waals surface area (Å²) in [6.07, 6.45) is 15.8. The highest BCUT2D eigenvalue weighted by molar-refractivity contribution is 4.62. The minimum atomic E-state index is 0. The van der Waals surface area contributed by atoms with E-state index in [9.17, 15) is 0 Å². The molecule has 0 aliphatic heterocycles. The second-order valence-corrected chi connectivity index (χ2v) is 8.80. The summed E-state index contributed by atoms with van der Waals surface area (Å²) >= 11 is 0. The van der Waals surface area contributed by atoms with Gasteiger partial charge in [-0.3, -0.25) is 0 Å². The van der Waals surface area contributed by atoms with E-state index in [0.29, 0.717) is 10.8 Å². The zero-order chi connectivity index (χ0) is 14.8. The molecule has 0 saturated carbocycles. The third kappa shape index (κ3) is 58.5. The average Bonchev–Trinajstić information content (AvgIpc) is 2.22. The second kappa shape index (κ2) is 30.7. The summed E-state index contributed by atoms with van der Waals surface area (Å²) in [5, 5.41) is 0. The Balaban J connectivity index is -0.0000000579. The van der Waals surface area contributed by atoms with Gasteiger partial charge in [-0.2, -0.15) is 0 Å². The molecule has 0 N–H and O–H groups in total. The fraction of sp³-hybridized carbons (Fsp3) is 1.00. The summed E-state index contributed by atoms with van der Waals surface area (Å²) in [5.41, 5.74) is 1.07. The molecule has 0 rings (SSSR count). The Bertz CT molecular complexity index is 167. The number of hydrogen-bond acceptors (Lipinski definition) is 0. The van der Waals surface area contributed by atoms with Crippen LogP contribution in [0.15, 0.2) is 0 Å². The predicted octanol–water partition coefficient (Wildman–Crippen LogP) is 12.5. The van der Waals surface area contributed by atoms with E-state index >= 15 is 0 Å². The molecule has 0 radical (unpaired) electrons. The molecule has 0 spiro atoms. The topological polar surface area (TPSA) is 0 Å². The minimum absolute atomic E-state index is 0. The summed E-state index contributed by atoms with van der Waals surface area (Å²) in [7, 11) is 0. The van der Waals surface area contributed by atoms with Gasteiger partial charge in [0.05, 0.1) is 0 Å². The summed E-state index contributed by atoms with van der Waals surface area (Å²) < 4.78 is 0. The van der Waals surface area contributed by atoms with E-state index < -0.39 is 0 Å². The van der Waals surface area contributed by atoms with Crippen LogP contribution in [-0.4, -0.2) is 0 Å². The third-order valence-electron chi connectivity index (χ3n) is 3.85. The smallest absolute Gasteiger partial charge is 0.0383 e. The zero-order valence-corrected chi connectivity index (χ0v) is 14.8. The van der Waals surface area contributed by atoms with Crippen LogP contribution in [0.5, 0.6) is 0 Å². The first-order chi connectivity index (χ1) is 8.71. The molecule has 0 heteroatoms. The Kier molecular flexibility index (Phi) is 64.1. The van der Waals surface area contributed by atoms with Crippen molar-refractivity contribution >= 4 is 0 Å². The maximum absolute atomic E-state index is 2.35. The first-order valence-corrected chi connectivity index (χ1v) is 8.71. The molecule has 0 heterocycles. The molecule has 0 saturated heterocycles. The minimum Gasteiger partial charge on any atom is -0.0776 e. The van der Waals surface area contributed by atoms with Gasteiger partial charge in [0.15, 0.2) is 0 Å². The molecule has 0 nitrogen and oxygen atoms in total. The Morgan fingerprint density at radius 2 is 0.444 bits per heavy atom. The highest BCUT2D eigenvalue weighted by Crippen LogP contribution is 2.24.